The molecule has 0 fully saturated rings. The monoisotopic (exact) mass is 361 g/mol. The Labute approximate surface area is 122 Å². The van der Waals surface area contributed by atoms with Crippen molar-refractivity contribution in [2.45, 2.75) is 18.9 Å². The average Bonchev–Trinajstić information content (AvgIpc) is 2.28. The Hall–Kier alpha value is -0.790. The van der Waals surface area contributed by atoms with Gasteiger partial charge in [-0.2, -0.15) is 8.78 Å². The lowest BCUT2D eigenvalue weighted by molar-refractivity contribution is -0.174. The van der Waals surface area contributed by atoms with Gasteiger partial charge < -0.3 is 10.5 Å². The highest BCUT2D eigenvalue weighted by Gasteiger charge is 2.49. The van der Waals surface area contributed by atoms with Crippen molar-refractivity contribution in [1.29, 1.82) is 0 Å². The third-order valence-corrected chi connectivity index (χ3v) is 2.94. The van der Waals surface area contributed by atoms with E-state index in [1.54, 1.807) is 0 Å². The molecule has 1 atom stereocenters. The first kappa shape index (κ1) is 18.2. The lowest BCUT2D eigenvalue weighted by atomic mass is 10.0. The molecule has 0 saturated heterocycles. The van der Waals surface area contributed by atoms with Crippen LogP contribution in [-0.2, 0) is 9.53 Å². The minimum absolute atomic E-state index is 0. The highest BCUT2D eigenvalue weighted by Crippen LogP contribution is 2.35. The molecule has 0 radical (unpaired) electrons. The van der Waals surface area contributed by atoms with Crippen LogP contribution in [0.15, 0.2) is 22.7 Å². The fourth-order valence-electron chi connectivity index (χ4n) is 1.34. The van der Waals surface area contributed by atoms with E-state index in [0.717, 1.165) is 6.07 Å². The van der Waals surface area contributed by atoms with E-state index in [1.165, 1.54) is 19.1 Å². The summed E-state index contributed by atoms with van der Waals surface area (Å²) >= 11 is 2.92. The van der Waals surface area contributed by atoms with E-state index < -0.39 is 29.3 Å². The molecule has 0 aliphatic heterocycles. The predicted molar refractivity (Wildman–Crippen MR) is 69.9 cm³/mol. The molecule has 0 aliphatic rings. The molecular formula is C11H12BrClF3NO2. The summed E-state index contributed by atoms with van der Waals surface area (Å²) in [7, 11) is 0. The van der Waals surface area contributed by atoms with Crippen molar-refractivity contribution in [2.24, 2.45) is 5.73 Å². The molecule has 0 heterocycles. The molecule has 2 N–H and O–H groups in total. The highest BCUT2D eigenvalue weighted by atomic mass is 79.9. The van der Waals surface area contributed by atoms with E-state index in [2.05, 4.69) is 20.7 Å². The Morgan fingerprint density at radius 3 is 2.58 bits per heavy atom. The summed E-state index contributed by atoms with van der Waals surface area (Å²) in [6.07, 6.45) is 0. The van der Waals surface area contributed by atoms with Crippen LogP contribution in [0, 0.1) is 5.82 Å². The van der Waals surface area contributed by atoms with Crippen LogP contribution in [-0.4, -0.2) is 18.5 Å². The Balaban J connectivity index is 0.00000324. The lowest BCUT2D eigenvalue weighted by Gasteiger charge is -2.23. The zero-order valence-corrected chi connectivity index (χ0v) is 12.2. The van der Waals surface area contributed by atoms with Crippen LogP contribution in [0.5, 0.6) is 0 Å². The first-order valence-electron chi connectivity index (χ1n) is 5.06. The maximum absolute atomic E-state index is 13.7. The van der Waals surface area contributed by atoms with Crippen molar-refractivity contribution in [1.82, 2.24) is 0 Å². The molecule has 0 spiro atoms. The number of esters is 1. The predicted octanol–water partition coefficient (Wildman–Crippen LogP) is 3.21. The summed E-state index contributed by atoms with van der Waals surface area (Å²) in [6, 6.07) is 1.56. The topological polar surface area (TPSA) is 52.3 Å². The molecule has 0 amide bonds. The van der Waals surface area contributed by atoms with Crippen LogP contribution in [0.1, 0.15) is 18.5 Å². The second kappa shape index (κ2) is 7.12. The Morgan fingerprint density at radius 2 is 2.11 bits per heavy atom. The van der Waals surface area contributed by atoms with Crippen molar-refractivity contribution >= 4 is 34.3 Å². The third kappa shape index (κ3) is 3.84. The summed E-state index contributed by atoms with van der Waals surface area (Å²) in [5, 5.41) is 0. The number of carbonyl (C=O) groups is 1. The number of rotatable bonds is 4. The van der Waals surface area contributed by atoms with Crippen molar-refractivity contribution in [3.05, 3.63) is 34.1 Å². The van der Waals surface area contributed by atoms with Gasteiger partial charge in [0, 0.05) is 10.0 Å². The SMILES string of the molecule is CCOC(=O)C(F)(F)[C@H](N)c1c(F)cccc1Br.Cl. The van der Waals surface area contributed by atoms with Crippen molar-refractivity contribution < 1.29 is 22.7 Å². The third-order valence-electron chi connectivity index (χ3n) is 2.25. The Morgan fingerprint density at radius 1 is 1.53 bits per heavy atom. The zero-order chi connectivity index (χ0) is 13.9. The maximum Gasteiger partial charge on any atom is 0.379 e. The van der Waals surface area contributed by atoms with E-state index in [4.69, 9.17) is 5.73 Å². The number of benzene rings is 1. The molecule has 0 unspecified atom stereocenters. The molecule has 19 heavy (non-hydrogen) atoms. The van der Waals surface area contributed by atoms with Crippen LogP contribution in [0.4, 0.5) is 13.2 Å². The zero-order valence-electron chi connectivity index (χ0n) is 9.83. The molecule has 1 aromatic rings. The van der Waals surface area contributed by atoms with Gasteiger partial charge in [-0.05, 0) is 19.1 Å². The number of carbonyl (C=O) groups excluding carboxylic acids is 1. The maximum atomic E-state index is 13.7. The highest BCUT2D eigenvalue weighted by molar-refractivity contribution is 9.10. The summed E-state index contributed by atoms with van der Waals surface area (Å²) in [6.45, 7) is 1.18. The molecule has 0 aliphatic carbocycles. The lowest BCUT2D eigenvalue weighted by Crippen LogP contribution is -2.42. The summed E-state index contributed by atoms with van der Waals surface area (Å²) in [5.41, 5.74) is 4.82. The largest absolute Gasteiger partial charge is 0.462 e. The summed E-state index contributed by atoms with van der Waals surface area (Å²) in [5.74, 6) is -6.69. The molecular weight excluding hydrogens is 350 g/mol. The van der Waals surface area contributed by atoms with Gasteiger partial charge in [-0.15, -0.1) is 12.4 Å². The second-order valence-corrected chi connectivity index (χ2v) is 4.31. The quantitative estimate of drug-likeness (QED) is 0.837. The number of alkyl halides is 2. The van der Waals surface area contributed by atoms with Crippen LogP contribution < -0.4 is 5.73 Å². The van der Waals surface area contributed by atoms with Gasteiger partial charge in [0.05, 0.1) is 6.61 Å². The smallest absolute Gasteiger partial charge is 0.379 e. The first-order valence-corrected chi connectivity index (χ1v) is 5.86. The standard InChI is InChI=1S/C11H11BrF3NO2.ClH/c1-2-18-10(17)11(14,15)9(16)8-6(12)4-3-5-7(8)13;/h3-5,9H,2,16H2,1H3;1H/t9-;/m1./s1. The Kier molecular flexibility index (Phi) is 6.82. The van der Waals surface area contributed by atoms with Gasteiger partial charge in [0.25, 0.3) is 0 Å². The van der Waals surface area contributed by atoms with Crippen LogP contribution in [0.25, 0.3) is 0 Å². The van der Waals surface area contributed by atoms with Gasteiger partial charge in [-0.25, -0.2) is 9.18 Å². The Bertz CT molecular complexity index is 439. The fourth-order valence-corrected chi connectivity index (χ4v) is 1.93. The molecule has 108 valence electrons. The summed E-state index contributed by atoms with van der Waals surface area (Å²) in [4.78, 5) is 11.1. The van der Waals surface area contributed by atoms with E-state index in [0.29, 0.717) is 0 Å². The fraction of sp³-hybridized carbons (Fsp3) is 0.364. The second-order valence-electron chi connectivity index (χ2n) is 3.46. The van der Waals surface area contributed by atoms with Crippen molar-refractivity contribution in [3.8, 4) is 0 Å². The molecule has 0 aromatic heterocycles. The van der Waals surface area contributed by atoms with E-state index in [1.807, 2.05) is 0 Å². The van der Waals surface area contributed by atoms with Gasteiger partial charge >= 0.3 is 11.9 Å². The van der Waals surface area contributed by atoms with Gasteiger partial charge in [-0.3, -0.25) is 0 Å². The van der Waals surface area contributed by atoms with Gasteiger partial charge in [-0.1, -0.05) is 22.0 Å². The van der Waals surface area contributed by atoms with E-state index >= 15 is 0 Å². The minimum Gasteiger partial charge on any atom is -0.462 e. The molecule has 1 rings (SSSR count). The average molecular weight is 363 g/mol. The van der Waals surface area contributed by atoms with Crippen molar-refractivity contribution in [3.63, 3.8) is 0 Å². The van der Waals surface area contributed by atoms with Gasteiger partial charge in [0.2, 0.25) is 0 Å². The number of hydrogen-bond donors (Lipinski definition) is 1. The first-order chi connectivity index (χ1) is 8.32. The van der Waals surface area contributed by atoms with E-state index in [9.17, 15) is 18.0 Å². The molecule has 3 nitrogen and oxygen atoms in total. The van der Waals surface area contributed by atoms with Crippen LogP contribution in [0.3, 0.4) is 0 Å². The number of ether oxygens (including phenoxy) is 1. The summed E-state index contributed by atoms with van der Waals surface area (Å²) < 4.78 is 45.1. The van der Waals surface area contributed by atoms with Crippen LogP contribution >= 0.6 is 28.3 Å². The minimum atomic E-state index is -4.00. The van der Waals surface area contributed by atoms with Crippen molar-refractivity contribution in [2.75, 3.05) is 6.61 Å². The molecule has 0 saturated carbocycles. The molecule has 1 aromatic carbocycles. The van der Waals surface area contributed by atoms with Gasteiger partial charge in [0.1, 0.15) is 11.9 Å². The number of halogens is 5. The number of hydrogen-bond acceptors (Lipinski definition) is 3. The van der Waals surface area contributed by atoms with Crippen LogP contribution in [0.2, 0.25) is 0 Å². The van der Waals surface area contributed by atoms with Gasteiger partial charge in [0.15, 0.2) is 0 Å². The normalized spacial score (nSPS) is 12.5. The molecule has 0 bridgehead atoms. The van der Waals surface area contributed by atoms with E-state index in [-0.39, 0.29) is 23.5 Å². The number of nitrogens with two attached hydrogens (primary N) is 1. The molecule has 8 heteroatoms.